The fraction of sp³-hybridized carbons (Fsp3) is 0.727. The molecule has 2 unspecified atom stereocenters. The third kappa shape index (κ3) is 2.21. The summed E-state index contributed by atoms with van der Waals surface area (Å²) in [7, 11) is 0. The summed E-state index contributed by atoms with van der Waals surface area (Å²) in [6.07, 6.45) is 2.13. The second-order valence-corrected chi connectivity index (χ2v) is 4.17. The van der Waals surface area contributed by atoms with Crippen LogP contribution in [-0.2, 0) is 0 Å². The van der Waals surface area contributed by atoms with Gasteiger partial charge >= 0.3 is 0 Å². The molecule has 0 amide bonds. The first-order chi connectivity index (χ1) is 7.20. The highest BCUT2D eigenvalue weighted by molar-refractivity contribution is 5.05. The second kappa shape index (κ2) is 4.33. The van der Waals surface area contributed by atoms with Crippen LogP contribution in [0.4, 0.5) is 0 Å². The molecule has 1 aromatic heterocycles. The summed E-state index contributed by atoms with van der Waals surface area (Å²) in [4.78, 5) is 6.70. The number of likely N-dealkylation sites (tertiary alicyclic amines) is 1. The first kappa shape index (κ1) is 10.6. The monoisotopic (exact) mass is 210 g/mol. The molecule has 4 nitrogen and oxygen atoms in total. The van der Waals surface area contributed by atoms with Gasteiger partial charge in [0.15, 0.2) is 5.89 Å². The Labute approximate surface area is 89.9 Å². The van der Waals surface area contributed by atoms with Crippen LogP contribution in [0.15, 0.2) is 10.7 Å². The van der Waals surface area contributed by atoms with E-state index in [1.165, 1.54) is 0 Å². The summed E-state index contributed by atoms with van der Waals surface area (Å²) in [6.45, 7) is 7.10. The number of aliphatic hydroxyl groups is 1. The fourth-order valence-electron chi connectivity index (χ4n) is 2.00. The zero-order valence-electron chi connectivity index (χ0n) is 9.31. The fourth-order valence-corrected chi connectivity index (χ4v) is 2.00. The lowest BCUT2D eigenvalue weighted by Gasteiger charge is -2.10. The predicted octanol–water partition coefficient (Wildman–Crippen LogP) is 1.54. The van der Waals surface area contributed by atoms with E-state index in [1.807, 2.05) is 0 Å². The molecule has 15 heavy (non-hydrogen) atoms. The average molecular weight is 210 g/mol. The molecule has 1 aliphatic rings. The Kier molecular flexibility index (Phi) is 3.07. The summed E-state index contributed by atoms with van der Waals surface area (Å²) in [6, 6.07) is 0. The molecular formula is C11H18N2O2. The molecule has 2 atom stereocenters. The number of aliphatic hydroxyl groups excluding tert-OH is 1. The Bertz CT molecular complexity index is 322. The molecule has 2 heterocycles. The van der Waals surface area contributed by atoms with Crippen LogP contribution in [0, 0.1) is 0 Å². The highest BCUT2D eigenvalue weighted by atomic mass is 16.3. The number of oxazole rings is 1. The van der Waals surface area contributed by atoms with Crippen molar-refractivity contribution in [3.8, 4) is 0 Å². The second-order valence-electron chi connectivity index (χ2n) is 4.17. The molecule has 1 aliphatic heterocycles. The Balaban J connectivity index is 2.04. The summed E-state index contributed by atoms with van der Waals surface area (Å²) in [5.41, 5.74) is 0.639. The summed E-state index contributed by atoms with van der Waals surface area (Å²) >= 11 is 0. The smallest absolute Gasteiger partial charge is 0.198 e. The lowest BCUT2D eigenvalue weighted by molar-refractivity contribution is 0.194. The lowest BCUT2D eigenvalue weighted by Crippen LogP contribution is -2.19. The van der Waals surface area contributed by atoms with Crippen LogP contribution in [0.5, 0.6) is 0 Å². The van der Waals surface area contributed by atoms with Crippen molar-refractivity contribution in [2.45, 2.75) is 32.3 Å². The van der Waals surface area contributed by atoms with Gasteiger partial charge in [0.1, 0.15) is 12.0 Å². The van der Waals surface area contributed by atoms with Crippen molar-refractivity contribution in [2.24, 2.45) is 0 Å². The molecule has 0 spiro atoms. The van der Waals surface area contributed by atoms with E-state index in [4.69, 9.17) is 4.42 Å². The Morgan fingerprint density at radius 1 is 1.73 bits per heavy atom. The maximum atomic E-state index is 9.35. The molecule has 0 radical (unpaired) electrons. The molecule has 0 aromatic carbocycles. The highest BCUT2D eigenvalue weighted by Gasteiger charge is 2.26. The summed E-state index contributed by atoms with van der Waals surface area (Å²) in [5, 5.41) is 9.35. The van der Waals surface area contributed by atoms with E-state index in [1.54, 1.807) is 13.2 Å². The van der Waals surface area contributed by atoms with Gasteiger partial charge in [0.05, 0.1) is 6.10 Å². The molecule has 84 valence electrons. The number of rotatable bonds is 3. The van der Waals surface area contributed by atoms with Gasteiger partial charge in [-0.15, -0.1) is 0 Å². The zero-order chi connectivity index (χ0) is 10.8. The number of hydrogen-bond donors (Lipinski definition) is 1. The van der Waals surface area contributed by atoms with Gasteiger partial charge in [0.25, 0.3) is 0 Å². The van der Waals surface area contributed by atoms with Gasteiger partial charge in [-0.2, -0.15) is 0 Å². The van der Waals surface area contributed by atoms with Crippen LogP contribution in [-0.4, -0.2) is 34.6 Å². The molecular weight excluding hydrogens is 192 g/mol. The van der Waals surface area contributed by atoms with E-state index < -0.39 is 6.10 Å². The van der Waals surface area contributed by atoms with Gasteiger partial charge in [0, 0.05) is 12.5 Å². The third-order valence-corrected chi connectivity index (χ3v) is 3.04. The van der Waals surface area contributed by atoms with Gasteiger partial charge in [-0.3, -0.25) is 0 Å². The van der Waals surface area contributed by atoms with E-state index in [9.17, 15) is 5.11 Å². The predicted molar refractivity (Wildman–Crippen MR) is 56.6 cm³/mol. The molecule has 1 saturated heterocycles. The zero-order valence-corrected chi connectivity index (χ0v) is 9.31. The minimum absolute atomic E-state index is 0.400. The van der Waals surface area contributed by atoms with Crippen molar-refractivity contribution in [2.75, 3.05) is 19.6 Å². The van der Waals surface area contributed by atoms with Gasteiger partial charge < -0.3 is 14.4 Å². The number of hydrogen-bond acceptors (Lipinski definition) is 4. The van der Waals surface area contributed by atoms with Gasteiger partial charge in [-0.05, 0) is 26.4 Å². The van der Waals surface area contributed by atoms with Gasteiger partial charge in [-0.1, -0.05) is 6.92 Å². The maximum absolute atomic E-state index is 9.35. The SMILES string of the molecule is CCN1CCC(c2nc(C(C)O)co2)C1. The van der Waals surface area contributed by atoms with Gasteiger partial charge in [-0.25, -0.2) is 4.98 Å². The third-order valence-electron chi connectivity index (χ3n) is 3.04. The molecule has 4 heteroatoms. The Morgan fingerprint density at radius 3 is 3.07 bits per heavy atom. The van der Waals surface area contributed by atoms with E-state index in [0.717, 1.165) is 31.9 Å². The first-order valence-corrected chi connectivity index (χ1v) is 5.56. The van der Waals surface area contributed by atoms with Crippen LogP contribution in [0.25, 0.3) is 0 Å². The van der Waals surface area contributed by atoms with Crippen molar-refractivity contribution >= 4 is 0 Å². The number of aromatic nitrogens is 1. The topological polar surface area (TPSA) is 49.5 Å². The van der Waals surface area contributed by atoms with Crippen LogP contribution in [0.2, 0.25) is 0 Å². The quantitative estimate of drug-likeness (QED) is 0.822. The van der Waals surface area contributed by atoms with E-state index in [-0.39, 0.29) is 0 Å². The van der Waals surface area contributed by atoms with E-state index in [2.05, 4.69) is 16.8 Å². The average Bonchev–Trinajstić information content (AvgIpc) is 2.86. The normalized spacial score (nSPS) is 24.6. The Morgan fingerprint density at radius 2 is 2.53 bits per heavy atom. The minimum atomic E-state index is -0.536. The minimum Gasteiger partial charge on any atom is -0.448 e. The maximum Gasteiger partial charge on any atom is 0.198 e. The molecule has 0 saturated carbocycles. The van der Waals surface area contributed by atoms with Crippen molar-refractivity contribution in [3.63, 3.8) is 0 Å². The van der Waals surface area contributed by atoms with E-state index >= 15 is 0 Å². The summed E-state index contributed by atoms with van der Waals surface area (Å²) < 4.78 is 5.40. The molecule has 2 rings (SSSR count). The molecule has 0 bridgehead atoms. The van der Waals surface area contributed by atoms with Crippen molar-refractivity contribution in [1.29, 1.82) is 0 Å². The largest absolute Gasteiger partial charge is 0.448 e. The Hall–Kier alpha value is -0.870. The first-order valence-electron chi connectivity index (χ1n) is 5.56. The molecule has 1 aromatic rings. The highest BCUT2D eigenvalue weighted by Crippen LogP contribution is 2.27. The van der Waals surface area contributed by atoms with Gasteiger partial charge in [0.2, 0.25) is 0 Å². The van der Waals surface area contributed by atoms with Crippen LogP contribution < -0.4 is 0 Å². The van der Waals surface area contributed by atoms with E-state index in [0.29, 0.717) is 11.6 Å². The number of nitrogens with zero attached hydrogens (tertiary/aromatic N) is 2. The molecule has 1 N–H and O–H groups in total. The summed E-state index contributed by atoms with van der Waals surface area (Å²) in [5.74, 6) is 1.18. The van der Waals surface area contributed by atoms with Crippen LogP contribution in [0.1, 0.15) is 43.9 Å². The van der Waals surface area contributed by atoms with Crippen LogP contribution in [0.3, 0.4) is 0 Å². The standard InChI is InChI=1S/C11H18N2O2/c1-3-13-5-4-9(6-13)11-12-10(7-15-11)8(2)14/h7-9,14H,3-6H2,1-2H3. The molecule has 1 fully saturated rings. The van der Waals surface area contributed by atoms with Crippen molar-refractivity contribution in [1.82, 2.24) is 9.88 Å². The number of likely N-dealkylation sites (N-methyl/N-ethyl adjacent to an activating group) is 1. The van der Waals surface area contributed by atoms with Crippen molar-refractivity contribution < 1.29 is 9.52 Å². The van der Waals surface area contributed by atoms with Crippen LogP contribution >= 0.6 is 0 Å². The lowest BCUT2D eigenvalue weighted by atomic mass is 10.1. The molecule has 0 aliphatic carbocycles. The van der Waals surface area contributed by atoms with Crippen molar-refractivity contribution in [3.05, 3.63) is 17.8 Å².